The zero-order valence-corrected chi connectivity index (χ0v) is 14.7. The van der Waals surface area contributed by atoms with Crippen molar-refractivity contribution in [1.82, 2.24) is 10.4 Å². The first-order valence-corrected chi connectivity index (χ1v) is 8.14. The number of carbonyl (C=O) groups is 2. The maximum atomic E-state index is 11.4. The fourth-order valence-electron chi connectivity index (χ4n) is 1.69. The summed E-state index contributed by atoms with van der Waals surface area (Å²) >= 11 is 0. The largest absolute Gasteiger partial charge is 0.444 e. The quantitative estimate of drug-likeness (QED) is 0.496. The summed E-state index contributed by atoms with van der Waals surface area (Å²) in [5, 5.41) is 4.15. The molecule has 0 rings (SSSR count). The Kier molecular flexibility index (Phi) is 10.6. The average molecular weight is 316 g/mol. The molecule has 6 nitrogen and oxygen atoms in total. The van der Waals surface area contributed by atoms with Gasteiger partial charge in [0.1, 0.15) is 5.60 Å². The Morgan fingerprint density at radius 1 is 1.09 bits per heavy atom. The molecule has 0 saturated carbocycles. The Labute approximate surface area is 134 Å². The van der Waals surface area contributed by atoms with E-state index in [9.17, 15) is 9.59 Å². The average Bonchev–Trinajstić information content (AvgIpc) is 2.38. The van der Waals surface area contributed by atoms with Crippen LogP contribution in [0.15, 0.2) is 0 Å². The van der Waals surface area contributed by atoms with Crippen molar-refractivity contribution in [1.29, 1.82) is 0 Å². The van der Waals surface area contributed by atoms with Gasteiger partial charge in [0.15, 0.2) is 0 Å². The number of nitrogens with one attached hydrogen (secondary N) is 1. The first-order chi connectivity index (χ1) is 10.3. The smallest absolute Gasteiger partial charge is 0.407 e. The van der Waals surface area contributed by atoms with Crippen molar-refractivity contribution in [2.75, 3.05) is 19.7 Å². The number of carbonyl (C=O) groups excluding carboxylic acids is 2. The van der Waals surface area contributed by atoms with Gasteiger partial charge < -0.3 is 10.1 Å². The molecule has 130 valence electrons. The second-order valence-corrected chi connectivity index (χ2v) is 6.30. The minimum atomic E-state index is -0.470. The first kappa shape index (κ1) is 20.7. The van der Waals surface area contributed by atoms with Crippen LogP contribution in [0.25, 0.3) is 0 Å². The van der Waals surface area contributed by atoms with Crippen molar-refractivity contribution in [2.45, 2.75) is 72.3 Å². The topological polar surface area (TPSA) is 67.9 Å². The summed E-state index contributed by atoms with van der Waals surface area (Å²) in [5.41, 5.74) is -0.470. The molecular weight excluding hydrogens is 284 g/mol. The van der Waals surface area contributed by atoms with Crippen LogP contribution in [0, 0.1) is 0 Å². The van der Waals surface area contributed by atoms with Crippen molar-refractivity contribution in [3.8, 4) is 0 Å². The van der Waals surface area contributed by atoms with E-state index < -0.39 is 5.60 Å². The molecule has 0 aromatic heterocycles. The second kappa shape index (κ2) is 11.3. The minimum absolute atomic E-state index is 0.0667. The summed E-state index contributed by atoms with van der Waals surface area (Å²) in [4.78, 5) is 28.3. The number of unbranched alkanes of at least 4 members (excludes halogenated alkanes) is 3. The van der Waals surface area contributed by atoms with Crippen molar-refractivity contribution in [2.24, 2.45) is 0 Å². The Balaban J connectivity index is 3.69. The highest BCUT2D eigenvalue weighted by atomic mass is 16.7. The van der Waals surface area contributed by atoms with Crippen LogP contribution < -0.4 is 5.32 Å². The Bertz CT molecular complexity index is 327. The second-order valence-electron chi connectivity index (χ2n) is 6.30. The van der Waals surface area contributed by atoms with Crippen molar-refractivity contribution in [3.05, 3.63) is 0 Å². The molecule has 0 bridgehead atoms. The number of rotatable bonds is 10. The summed E-state index contributed by atoms with van der Waals surface area (Å²) in [7, 11) is 0. The number of ether oxygens (including phenoxy) is 1. The molecule has 0 heterocycles. The molecule has 2 amide bonds. The number of hydroxylamine groups is 2. The zero-order valence-electron chi connectivity index (χ0n) is 14.7. The SMILES string of the molecule is CCCCON(CCCCCNC(=O)OC(C)(C)C)C(C)=O. The molecule has 22 heavy (non-hydrogen) atoms. The molecule has 0 spiro atoms. The fourth-order valence-corrected chi connectivity index (χ4v) is 1.69. The normalized spacial score (nSPS) is 11.1. The molecule has 0 aliphatic rings. The third-order valence-corrected chi connectivity index (χ3v) is 2.80. The lowest BCUT2D eigenvalue weighted by molar-refractivity contribution is -0.185. The molecule has 0 aliphatic heterocycles. The van der Waals surface area contributed by atoms with Gasteiger partial charge in [0.2, 0.25) is 5.91 Å². The van der Waals surface area contributed by atoms with E-state index in [1.807, 2.05) is 20.8 Å². The molecule has 1 N–H and O–H groups in total. The minimum Gasteiger partial charge on any atom is -0.444 e. The van der Waals surface area contributed by atoms with Gasteiger partial charge in [-0.05, 0) is 46.5 Å². The Morgan fingerprint density at radius 3 is 2.32 bits per heavy atom. The van der Waals surface area contributed by atoms with E-state index in [4.69, 9.17) is 9.57 Å². The van der Waals surface area contributed by atoms with E-state index in [1.54, 1.807) is 0 Å². The summed E-state index contributed by atoms with van der Waals surface area (Å²) < 4.78 is 5.15. The van der Waals surface area contributed by atoms with E-state index in [0.29, 0.717) is 19.7 Å². The van der Waals surface area contributed by atoms with Crippen molar-refractivity contribution >= 4 is 12.0 Å². The number of hydrogen-bond donors (Lipinski definition) is 1. The van der Waals surface area contributed by atoms with Crippen LogP contribution in [0.4, 0.5) is 4.79 Å². The van der Waals surface area contributed by atoms with Crippen LogP contribution in [0.2, 0.25) is 0 Å². The lowest BCUT2D eigenvalue weighted by Gasteiger charge is -2.20. The van der Waals surface area contributed by atoms with Gasteiger partial charge >= 0.3 is 6.09 Å². The maximum absolute atomic E-state index is 11.4. The molecule has 0 atom stereocenters. The van der Waals surface area contributed by atoms with Gasteiger partial charge in [0.25, 0.3) is 0 Å². The van der Waals surface area contributed by atoms with Gasteiger partial charge in [-0.25, -0.2) is 9.86 Å². The molecule has 0 aromatic rings. The third-order valence-electron chi connectivity index (χ3n) is 2.80. The van der Waals surface area contributed by atoms with Crippen LogP contribution in [-0.4, -0.2) is 42.4 Å². The van der Waals surface area contributed by atoms with Crippen LogP contribution in [0.1, 0.15) is 66.7 Å². The number of alkyl carbamates (subject to hydrolysis) is 1. The summed E-state index contributed by atoms with van der Waals surface area (Å²) in [6.07, 6.45) is 4.21. The van der Waals surface area contributed by atoms with Gasteiger partial charge in [0, 0.05) is 20.0 Å². The highest BCUT2D eigenvalue weighted by Gasteiger charge is 2.15. The van der Waals surface area contributed by atoms with E-state index in [2.05, 4.69) is 12.2 Å². The van der Waals surface area contributed by atoms with Crippen molar-refractivity contribution < 1.29 is 19.2 Å². The third kappa shape index (κ3) is 12.4. The van der Waals surface area contributed by atoms with Crippen LogP contribution >= 0.6 is 0 Å². The van der Waals surface area contributed by atoms with Gasteiger partial charge in [-0.15, -0.1) is 0 Å². The lowest BCUT2D eigenvalue weighted by atomic mass is 10.2. The summed E-state index contributed by atoms with van der Waals surface area (Å²) in [6.45, 7) is 10.8. The predicted octanol–water partition coefficient (Wildman–Crippen LogP) is 3.26. The number of amides is 2. The molecule has 0 aromatic carbocycles. The molecule has 6 heteroatoms. The van der Waals surface area contributed by atoms with Crippen LogP contribution in [-0.2, 0) is 14.4 Å². The van der Waals surface area contributed by atoms with E-state index in [1.165, 1.54) is 12.0 Å². The van der Waals surface area contributed by atoms with Crippen molar-refractivity contribution in [3.63, 3.8) is 0 Å². The first-order valence-electron chi connectivity index (χ1n) is 8.14. The highest BCUT2D eigenvalue weighted by molar-refractivity contribution is 5.71. The van der Waals surface area contributed by atoms with Crippen LogP contribution in [0.3, 0.4) is 0 Å². The monoisotopic (exact) mass is 316 g/mol. The molecule has 0 unspecified atom stereocenters. The van der Waals surface area contributed by atoms with Gasteiger partial charge in [-0.2, -0.15) is 0 Å². The summed E-state index contributed by atoms with van der Waals surface area (Å²) in [5.74, 6) is -0.0667. The number of nitrogens with zero attached hydrogens (tertiary/aromatic N) is 1. The molecular formula is C16H32N2O4. The molecule has 0 fully saturated rings. The molecule has 0 radical (unpaired) electrons. The van der Waals surface area contributed by atoms with Crippen LogP contribution in [0.5, 0.6) is 0 Å². The van der Waals surface area contributed by atoms with Gasteiger partial charge in [-0.3, -0.25) is 9.63 Å². The predicted molar refractivity (Wildman–Crippen MR) is 86.3 cm³/mol. The maximum Gasteiger partial charge on any atom is 0.407 e. The standard InChI is InChI=1S/C16H32N2O4/c1-6-7-13-21-18(14(2)19)12-10-8-9-11-17-15(20)22-16(3,4)5/h6-13H2,1-5H3,(H,17,20). The molecule has 0 aliphatic carbocycles. The van der Waals surface area contributed by atoms with Gasteiger partial charge in [0.05, 0.1) is 6.61 Å². The fraction of sp³-hybridized carbons (Fsp3) is 0.875. The molecule has 0 saturated heterocycles. The lowest BCUT2D eigenvalue weighted by Crippen LogP contribution is -2.33. The van der Waals surface area contributed by atoms with E-state index in [0.717, 1.165) is 32.1 Å². The van der Waals surface area contributed by atoms with Gasteiger partial charge in [-0.1, -0.05) is 13.3 Å². The highest BCUT2D eigenvalue weighted by Crippen LogP contribution is 2.06. The number of hydrogen-bond acceptors (Lipinski definition) is 4. The summed E-state index contributed by atoms with van der Waals surface area (Å²) in [6, 6.07) is 0. The van der Waals surface area contributed by atoms with E-state index >= 15 is 0 Å². The van der Waals surface area contributed by atoms with E-state index in [-0.39, 0.29) is 12.0 Å². The zero-order chi connectivity index (χ0) is 17.0. The Hall–Kier alpha value is -1.30. The Morgan fingerprint density at radius 2 is 1.77 bits per heavy atom.